The van der Waals surface area contributed by atoms with Crippen molar-refractivity contribution in [1.29, 1.82) is 0 Å². The molecule has 1 aromatic rings. The molecule has 0 amide bonds. The Bertz CT molecular complexity index is 382. The molecule has 0 saturated carbocycles. The van der Waals surface area contributed by atoms with Crippen LogP contribution in [0.2, 0.25) is 0 Å². The lowest BCUT2D eigenvalue weighted by Crippen LogP contribution is -2.24. The van der Waals surface area contributed by atoms with E-state index in [1.807, 2.05) is 24.6 Å². The van der Waals surface area contributed by atoms with Crippen molar-refractivity contribution >= 4 is 5.97 Å². The van der Waals surface area contributed by atoms with Crippen LogP contribution in [0.1, 0.15) is 28.7 Å². The molecule has 82 valence electrons. The minimum Gasteiger partial charge on any atom is -0.461 e. The highest BCUT2D eigenvalue weighted by atomic mass is 16.5. The lowest BCUT2D eigenvalue weighted by molar-refractivity contribution is 0.0515. The average molecular weight is 208 g/mol. The van der Waals surface area contributed by atoms with Gasteiger partial charge in [-0.3, -0.25) is 0 Å². The third kappa shape index (κ3) is 1.77. The van der Waals surface area contributed by atoms with Crippen LogP contribution in [-0.2, 0) is 24.8 Å². The van der Waals surface area contributed by atoms with Crippen molar-refractivity contribution in [2.75, 3.05) is 13.2 Å². The van der Waals surface area contributed by atoms with Gasteiger partial charge in [-0.05, 0) is 18.6 Å². The Morgan fingerprint density at radius 1 is 1.67 bits per heavy atom. The van der Waals surface area contributed by atoms with E-state index in [0.717, 1.165) is 19.5 Å². The van der Waals surface area contributed by atoms with Gasteiger partial charge in [-0.25, -0.2) is 4.79 Å². The summed E-state index contributed by atoms with van der Waals surface area (Å²) in [6.07, 6.45) is 0.977. The van der Waals surface area contributed by atoms with E-state index in [-0.39, 0.29) is 5.97 Å². The molecule has 1 aliphatic rings. The van der Waals surface area contributed by atoms with Gasteiger partial charge in [0.1, 0.15) is 5.69 Å². The SMILES string of the molecule is CCOC(=O)c1cc2c(n1C)CCNC2. The first-order valence-corrected chi connectivity index (χ1v) is 5.29. The maximum absolute atomic E-state index is 11.6. The molecule has 4 heteroatoms. The smallest absolute Gasteiger partial charge is 0.354 e. The zero-order chi connectivity index (χ0) is 10.8. The van der Waals surface area contributed by atoms with Crippen LogP contribution in [0.25, 0.3) is 0 Å². The summed E-state index contributed by atoms with van der Waals surface area (Å²) in [5.74, 6) is -0.227. The second-order valence-electron chi connectivity index (χ2n) is 3.71. The summed E-state index contributed by atoms with van der Waals surface area (Å²) in [5.41, 5.74) is 3.12. The molecule has 0 bridgehead atoms. The Hall–Kier alpha value is -1.29. The quantitative estimate of drug-likeness (QED) is 0.733. The van der Waals surface area contributed by atoms with Crippen LogP contribution in [0, 0.1) is 0 Å². The molecular formula is C11H16N2O2. The Morgan fingerprint density at radius 2 is 2.47 bits per heavy atom. The van der Waals surface area contributed by atoms with Crippen LogP contribution in [0.3, 0.4) is 0 Å². The number of esters is 1. The van der Waals surface area contributed by atoms with E-state index in [1.54, 1.807) is 0 Å². The van der Waals surface area contributed by atoms with E-state index >= 15 is 0 Å². The van der Waals surface area contributed by atoms with Crippen LogP contribution in [0.15, 0.2) is 6.07 Å². The molecule has 15 heavy (non-hydrogen) atoms. The zero-order valence-electron chi connectivity index (χ0n) is 9.17. The third-order valence-corrected chi connectivity index (χ3v) is 2.79. The first kappa shape index (κ1) is 10.2. The zero-order valence-corrected chi connectivity index (χ0v) is 9.17. The number of hydrogen-bond donors (Lipinski definition) is 1. The molecule has 1 N–H and O–H groups in total. The molecule has 0 aromatic carbocycles. The highest BCUT2D eigenvalue weighted by Gasteiger charge is 2.20. The van der Waals surface area contributed by atoms with Gasteiger partial charge in [0.05, 0.1) is 6.61 Å². The fourth-order valence-electron chi connectivity index (χ4n) is 2.02. The van der Waals surface area contributed by atoms with Gasteiger partial charge in [0.15, 0.2) is 0 Å². The summed E-state index contributed by atoms with van der Waals surface area (Å²) in [7, 11) is 1.93. The lowest BCUT2D eigenvalue weighted by Gasteiger charge is -2.14. The number of ether oxygens (including phenoxy) is 1. The molecule has 1 aromatic heterocycles. The Kier molecular flexibility index (Phi) is 2.77. The van der Waals surface area contributed by atoms with Gasteiger partial charge >= 0.3 is 5.97 Å². The molecule has 2 heterocycles. The predicted molar refractivity (Wildman–Crippen MR) is 56.8 cm³/mol. The van der Waals surface area contributed by atoms with Gasteiger partial charge in [0, 0.05) is 32.3 Å². The van der Waals surface area contributed by atoms with Crippen molar-refractivity contribution in [2.45, 2.75) is 19.9 Å². The number of carbonyl (C=O) groups is 1. The van der Waals surface area contributed by atoms with Gasteiger partial charge in [0.2, 0.25) is 0 Å². The van der Waals surface area contributed by atoms with E-state index in [2.05, 4.69) is 5.32 Å². The van der Waals surface area contributed by atoms with Crippen LogP contribution in [0.4, 0.5) is 0 Å². The van der Waals surface area contributed by atoms with Crippen LogP contribution < -0.4 is 5.32 Å². The van der Waals surface area contributed by atoms with Crippen molar-refractivity contribution in [3.05, 3.63) is 23.0 Å². The Balaban J connectivity index is 2.32. The molecule has 0 spiro atoms. The van der Waals surface area contributed by atoms with Crippen molar-refractivity contribution in [1.82, 2.24) is 9.88 Å². The minimum atomic E-state index is -0.227. The fraction of sp³-hybridized carbons (Fsp3) is 0.545. The van der Waals surface area contributed by atoms with Crippen molar-refractivity contribution in [3.8, 4) is 0 Å². The highest BCUT2D eigenvalue weighted by molar-refractivity contribution is 5.88. The number of rotatable bonds is 2. The molecule has 0 saturated heterocycles. The van der Waals surface area contributed by atoms with Crippen molar-refractivity contribution < 1.29 is 9.53 Å². The largest absolute Gasteiger partial charge is 0.461 e. The molecule has 0 aliphatic carbocycles. The number of carbonyl (C=O) groups excluding carboxylic acids is 1. The number of nitrogens with one attached hydrogen (secondary N) is 1. The predicted octanol–water partition coefficient (Wildman–Crippen LogP) is 0.847. The second kappa shape index (κ2) is 4.06. The van der Waals surface area contributed by atoms with Gasteiger partial charge in [0.25, 0.3) is 0 Å². The van der Waals surface area contributed by atoms with E-state index in [1.165, 1.54) is 11.3 Å². The molecule has 0 fully saturated rings. The molecule has 0 atom stereocenters. The Morgan fingerprint density at radius 3 is 3.13 bits per heavy atom. The molecule has 4 nitrogen and oxygen atoms in total. The molecule has 0 radical (unpaired) electrons. The van der Waals surface area contributed by atoms with E-state index < -0.39 is 0 Å². The standard InChI is InChI=1S/C11H16N2O2/c1-3-15-11(14)10-6-8-7-12-5-4-9(8)13(10)2/h6,12H,3-5,7H2,1-2H3. The van der Waals surface area contributed by atoms with E-state index in [0.29, 0.717) is 12.3 Å². The lowest BCUT2D eigenvalue weighted by atomic mass is 10.1. The summed E-state index contributed by atoms with van der Waals surface area (Å²) in [4.78, 5) is 11.6. The maximum atomic E-state index is 11.6. The van der Waals surface area contributed by atoms with Gasteiger partial charge < -0.3 is 14.6 Å². The topological polar surface area (TPSA) is 43.3 Å². The van der Waals surface area contributed by atoms with Crippen LogP contribution in [0.5, 0.6) is 0 Å². The minimum absolute atomic E-state index is 0.227. The maximum Gasteiger partial charge on any atom is 0.354 e. The summed E-state index contributed by atoms with van der Waals surface area (Å²) >= 11 is 0. The Labute approximate surface area is 89.2 Å². The van der Waals surface area contributed by atoms with E-state index in [4.69, 9.17) is 4.74 Å². The summed E-state index contributed by atoms with van der Waals surface area (Å²) in [6, 6.07) is 1.93. The number of fused-ring (bicyclic) bond motifs is 1. The fourth-order valence-corrected chi connectivity index (χ4v) is 2.02. The van der Waals surface area contributed by atoms with Crippen molar-refractivity contribution in [3.63, 3.8) is 0 Å². The van der Waals surface area contributed by atoms with Gasteiger partial charge in [-0.1, -0.05) is 0 Å². The van der Waals surface area contributed by atoms with Crippen LogP contribution in [-0.4, -0.2) is 23.7 Å². The first-order valence-electron chi connectivity index (χ1n) is 5.29. The summed E-state index contributed by atoms with van der Waals surface area (Å²) in [6.45, 7) is 4.07. The summed E-state index contributed by atoms with van der Waals surface area (Å²) < 4.78 is 6.96. The normalized spacial score (nSPS) is 14.8. The van der Waals surface area contributed by atoms with E-state index in [9.17, 15) is 4.79 Å². The number of hydrogen-bond acceptors (Lipinski definition) is 3. The van der Waals surface area contributed by atoms with Gasteiger partial charge in [-0.15, -0.1) is 0 Å². The number of aromatic nitrogens is 1. The monoisotopic (exact) mass is 208 g/mol. The molecule has 0 unspecified atom stereocenters. The molecule has 2 rings (SSSR count). The first-order chi connectivity index (χ1) is 7.24. The number of nitrogens with zero attached hydrogens (tertiary/aromatic N) is 1. The van der Waals surface area contributed by atoms with Gasteiger partial charge in [-0.2, -0.15) is 0 Å². The highest BCUT2D eigenvalue weighted by Crippen LogP contribution is 2.18. The van der Waals surface area contributed by atoms with Crippen LogP contribution >= 0.6 is 0 Å². The third-order valence-electron chi connectivity index (χ3n) is 2.79. The molecule has 1 aliphatic heterocycles. The average Bonchev–Trinajstić information content (AvgIpc) is 2.57. The summed E-state index contributed by atoms with van der Waals surface area (Å²) in [5, 5.41) is 3.29. The van der Waals surface area contributed by atoms with Crippen molar-refractivity contribution in [2.24, 2.45) is 7.05 Å². The molecular weight excluding hydrogens is 192 g/mol. The second-order valence-corrected chi connectivity index (χ2v) is 3.71.